The maximum Gasteiger partial charge on any atom is 0.220 e. The first-order valence-corrected chi connectivity index (χ1v) is 8.67. The van der Waals surface area contributed by atoms with Crippen molar-refractivity contribution in [1.29, 1.82) is 0 Å². The number of ether oxygens (including phenoxy) is 2. The molecule has 3 unspecified atom stereocenters. The van der Waals surface area contributed by atoms with E-state index in [1.54, 1.807) is 0 Å². The van der Waals surface area contributed by atoms with Gasteiger partial charge in [0.1, 0.15) is 12.7 Å². The molecule has 0 spiro atoms. The van der Waals surface area contributed by atoms with Crippen LogP contribution in [0.3, 0.4) is 0 Å². The van der Waals surface area contributed by atoms with Gasteiger partial charge in [0.2, 0.25) is 5.91 Å². The van der Waals surface area contributed by atoms with Gasteiger partial charge in [-0.25, -0.2) is 0 Å². The number of hydrogen-bond acceptors (Lipinski definition) is 4. The van der Waals surface area contributed by atoms with Crippen LogP contribution in [-0.4, -0.2) is 37.2 Å². The van der Waals surface area contributed by atoms with Crippen LogP contribution in [0.4, 0.5) is 0 Å². The Balaban J connectivity index is 1.23. The maximum absolute atomic E-state index is 12.2. The summed E-state index contributed by atoms with van der Waals surface area (Å²) in [4.78, 5) is 12.2. The first-order valence-electron chi connectivity index (χ1n) is 8.67. The minimum atomic E-state index is -0.113. The SMILES string of the molecule is O=C(CC1CC2CCC(C1)N2)NCC1COc2ccccc2O1. The van der Waals surface area contributed by atoms with E-state index < -0.39 is 0 Å². The Labute approximate surface area is 136 Å². The van der Waals surface area contributed by atoms with Crippen LogP contribution in [-0.2, 0) is 4.79 Å². The summed E-state index contributed by atoms with van der Waals surface area (Å²) in [6, 6.07) is 8.92. The molecule has 5 heteroatoms. The monoisotopic (exact) mass is 316 g/mol. The Morgan fingerprint density at radius 1 is 1.17 bits per heavy atom. The molecule has 0 aromatic heterocycles. The van der Waals surface area contributed by atoms with Crippen molar-refractivity contribution in [2.24, 2.45) is 5.92 Å². The number of benzene rings is 1. The predicted molar refractivity (Wildman–Crippen MR) is 86.6 cm³/mol. The van der Waals surface area contributed by atoms with Crippen molar-refractivity contribution in [3.05, 3.63) is 24.3 Å². The maximum atomic E-state index is 12.2. The second-order valence-corrected chi connectivity index (χ2v) is 6.98. The molecule has 2 bridgehead atoms. The number of fused-ring (bicyclic) bond motifs is 3. The van der Waals surface area contributed by atoms with Crippen LogP contribution in [0.15, 0.2) is 24.3 Å². The highest BCUT2D eigenvalue weighted by atomic mass is 16.6. The van der Waals surface area contributed by atoms with E-state index in [1.807, 2.05) is 24.3 Å². The molecule has 0 saturated carbocycles. The molecule has 2 N–H and O–H groups in total. The van der Waals surface area contributed by atoms with Gasteiger partial charge in [-0.2, -0.15) is 0 Å². The van der Waals surface area contributed by atoms with Gasteiger partial charge >= 0.3 is 0 Å². The molecule has 3 heterocycles. The molecular formula is C18H24N2O3. The zero-order valence-electron chi connectivity index (χ0n) is 13.3. The largest absolute Gasteiger partial charge is 0.486 e. The molecule has 3 aliphatic rings. The van der Waals surface area contributed by atoms with E-state index in [2.05, 4.69) is 10.6 Å². The second-order valence-electron chi connectivity index (χ2n) is 6.98. The second kappa shape index (κ2) is 6.40. The van der Waals surface area contributed by atoms with Gasteiger partial charge < -0.3 is 20.1 Å². The summed E-state index contributed by atoms with van der Waals surface area (Å²) >= 11 is 0. The third-order valence-corrected chi connectivity index (χ3v) is 5.14. The van der Waals surface area contributed by atoms with Gasteiger partial charge in [0.25, 0.3) is 0 Å². The highest BCUT2D eigenvalue weighted by Gasteiger charge is 2.34. The molecule has 2 fully saturated rings. The number of rotatable bonds is 4. The van der Waals surface area contributed by atoms with Crippen molar-refractivity contribution in [1.82, 2.24) is 10.6 Å². The number of nitrogens with one attached hydrogen (secondary N) is 2. The molecule has 1 aromatic carbocycles. The summed E-state index contributed by atoms with van der Waals surface area (Å²) in [7, 11) is 0. The standard InChI is InChI=1S/C18H24N2O3/c21-18(9-12-7-13-5-6-14(8-12)20-13)19-10-15-11-22-16-3-1-2-4-17(16)23-15/h1-4,12-15,20H,5-11H2,(H,19,21). The summed E-state index contributed by atoms with van der Waals surface area (Å²) in [5, 5.41) is 6.63. The molecule has 124 valence electrons. The van der Waals surface area contributed by atoms with Gasteiger partial charge in [0, 0.05) is 18.5 Å². The van der Waals surface area contributed by atoms with Gasteiger partial charge in [-0.3, -0.25) is 4.79 Å². The van der Waals surface area contributed by atoms with E-state index >= 15 is 0 Å². The lowest BCUT2D eigenvalue weighted by molar-refractivity contribution is -0.122. The molecule has 23 heavy (non-hydrogen) atoms. The zero-order valence-corrected chi connectivity index (χ0v) is 13.3. The first kappa shape index (κ1) is 14.8. The lowest BCUT2D eigenvalue weighted by atomic mass is 9.89. The van der Waals surface area contributed by atoms with Crippen molar-refractivity contribution in [2.75, 3.05) is 13.2 Å². The van der Waals surface area contributed by atoms with Crippen molar-refractivity contribution in [3.63, 3.8) is 0 Å². The van der Waals surface area contributed by atoms with E-state index in [1.165, 1.54) is 12.8 Å². The Bertz CT molecular complexity index is 565. The third kappa shape index (κ3) is 3.44. The lowest BCUT2D eigenvalue weighted by Crippen LogP contribution is -2.43. The van der Waals surface area contributed by atoms with Gasteiger partial charge in [-0.15, -0.1) is 0 Å². The van der Waals surface area contributed by atoms with Crippen LogP contribution in [0.1, 0.15) is 32.1 Å². The highest BCUT2D eigenvalue weighted by Crippen LogP contribution is 2.33. The minimum absolute atomic E-state index is 0.113. The molecule has 0 aliphatic carbocycles. The number of carbonyl (C=O) groups excluding carboxylic acids is 1. The van der Waals surface area contributed by atoms with E-state index in [9.17, 15) is 4.79 Å². The van der Waals surface area contributed by atoms with Crippen LogP contribution < -0.4 is 20.1 Å². The Hall–Kier alpha value is -1.75. The molecule has 3 atom stereocenters. The van der Waals surface area contributed by atoms with Crippen LogP contribution in [0.5, 0.6) is 11.5 Å². The van der Waals surface area contributed by atoms with E-state index in [-0.39, 0.29) is 12.0 Å². The van der Waals surface area contributed by atoms with E-state index in [4.69, 9.17) is 9.47 Å². The summed E-state index contributed by atoms with van der Waals surface area (Å²) in [5.74, 6) is 2.20. The topological polar surface area (TPSA) is 59.6 Å². The molecule has 1 amide bonds. The first-order chi connectivity index (χ1) is 11.3. The van der Waals surface area contributed by atoms with Gasteiger partial charge in [-0.05, 0) is 43.7 Å². The van der Waals surface area contributed by atoms with E-state index in [0.29, 0.717) is 37.6 Å². The van der Waals surface area contributed by atoms with Gasteiger partial charge in [0.15, 0.2) is 11.5 Å². The van der Waals surface area contributed by atoms with Crippen molar-refractivity contribution < 1.29 is 14.3 Å². The Kier molecular flexibility index (Phi) is 4.12. The summed E-state index contributed by atoms with van der Waals surface area (Å²) in [6.07, 6.45) is 5.35. The van der Waals surface area contributed by atoms with Crippen LogP contribution in [0.25, 0.3) is 0 Å². The number of amides is 1. The predicted octanol–water partition coefficient (Wildman–Crippen LogP) is 1.86. The Morgan fingerprint density at radius 2 is 1.91 bits per heavy atom. The fourth-order valence-electron chi connectivity index (χ4n) is 4.07. The average molecular weight is 316 g/mol. The number of hydrogen-bond donors (Lipinski definition) is 2. The lowest BCUT2D eigenvalue weighted by Gasteiger charge is -2.29. The molecule has 5 nitrogen and oxygen atoms in total. The van der Waals surface area contributed by atoms with Crippen molar-refractivity contribution in [3.8, 4) is 11.5 Å². The molecule has 3 aliphatic heterocycles. The van der Waals surface area contributed by atoms with Gasteiger partial charge in [-0.1, -0.05) is 12.1 Å². The van der Waals surface area contributed by atoms with Crippen LogP contribution >= 0.6 is 0 Å². The highest BCUT2D eigenvalue weighted by molar-refractivity contribution is 5.76. The summed E-state index contributed by atoms with van der Waals surface area (Å²) in [5.41, 5.74) is 0. The van der Waals surface area contributed by atoms with Crippen molar-refractivity contribution in [2.45, 2.75) is 50.3 Å². The molecule has 4 rings (SSSR count). The Morgan fingerprint density at radius 3 is 2.70 bits per heavy atom. The molecule has 1 aromatic rings. The zero-order chi connectivity index (χ0) is 15.6. The minimum Gasteiger partial charge on any atom is -0.486 e. The van der Waals surface area contributed by atoms with Crippen LogP contribution in [0.2, 0.25) is 0 Å². The molecular weight excluding hydrogens is 292 g/mol. The number of para-hydroxylation sites is 2. The fraction of sp³-hybridized carbons (Fsp3) is 0.611. The van der Waals surface area contributed by atoms with Crippen LogP contribution in [0, 0.1) is 5.92 Å². The quantitative estimate of drug-likeness (QED) is 0.890. The molecule has 0 radical (unpaired) electrons. The smallest absolute Gasteiger partial charge is 0.220 e. The van der Waals surface area contributed by atoms with E-state index in [0.717, 1.165) is 24.3 Å². The molecule has 2 saturated heterocycles. The third-order valence-electron chi connectivity index (χ3n) is 5.14. The van der Waals surface area contributed by atoms with Gasteiger partial charge in [0.05, 0.1) is 6.54 Å². The normalized spacial score (nSPS) is 31.7. The number of piperidine rings is 1. The summed E-state index contributed by atoms with van der Waals surface area (Å²) < 4.78 is 11.5. The van der Waals surface area contributed by atoms with Crippen molar-refractivity contribution >= 4 is 5.91 Å². The average Bonchev–Trinajstić information content (AvgIpc) is 2.91. The summed E-state index contributed by atoms with van der Waals surface area (Å²) in [6.45, 7) is 0.986. The fourth-order valence-corrected chi connectivity index (χ4v) is 4.07. The number of carbonyl (C=O) groups is 1.